The molecular weight excluding hydrogens is 488 g/mol. The van der Waals surface area contributed by atoms with E-state index in [-0.39, 0.29) is 29.8 Å². The van der Waals surface area contributed by atoms with Gasteiger partial charge >= 0.3 is 0 Å². The molecular formula is C32H54N4O3. The molecule has 0 unspecified atom stereocenters. The Kier molecular flexibility index (Phi) is 12.3. The first-order chi connectivity index (χ1) is 18.6. The number of aliphatic hydroxyl groups is 1. The zero-order valence-electron chi connectivity index (χ0n) is 25.3. The van der Waals surface area contributed by atoms with Crippen LogP contribution in [0.1, 0.15) is 90.3 Å². The second-order valence-electron chi connectivity index (χ2n) is 12.6. The van der Waals surface area contributed by atoms with Crippen molar-refractivity contribution in [3.63, 3.8) is 0 Å². The summed E-state index contributed by atoms with van der Waals surface area (Å²) in [6, 6.07) is 6.57. The first kappa shape index (κ1) is 31.6. The topological polar surface area (TPSA) is 102 Å². The van der Waals surface area contributed by atoms with Gasteiger partial charge in [0.25, 0.3) is 0 Å². The molecule has 0 spiro atoms. The molecule has 1 aromatic carbocycles. The lowest BCUT2D eigenvalue weighted by Gasteiger charge is -2.31. The van der Waals surface area contributed by atoms with Crippen LogP contribution in [0.25, 0.3) is 10.9 Å². The molecule has 1 aromatic heterocycles. The number of aliphatic hydroxyl groups excluding tert-OH is 1. The number of rotatable bonds is 15. The summed E-state index contributed by atoms with van der Waals surface area (Å²) in [5.74, 6) is 0.749. The standard InChI is InChI=1S/C32H54N4O3/c1-21(2)25(17-24-13-14-27-23(5)35-36(30(27)18-24)15-10-16-39-6)19-29(33)31(37)20-28(22(3)4)32(38)34-26-11-8-7-9-12-26/h13-14,18,21-22,25-26,28-29,31,37H,7-12,15-17,19-20,33H2,1-6H3,(H,34,38)/t25-,28-,29-,31-/m0/s1. The molecule has 4 atom stereocenters. The Morgan fingerprint density at radius 3 is 2.51 bits per heavy atom. The van der Waals surface area contributed by atoms with Crippen molar-refractivity contribution in [3.05, 3.63) is 29.5 Å². The van der Waals surface area contributed by atoms with Crippen molar-refractivity contribution in [2.24, 2.45) is 29.4 Å². The minimum Gasteiger partial charge on any atom is -0.391 e. The number of aromatic nitrogens is 2. The molecule has 0 saturated heterocycles. The molecule has 4 N–H and O–H groups in total. The first-order valence-electron chi connectivity index (χ1n) is 15.3. The van der Waals surface area contributed by atoms with Crippen molar-refractivity contribution in [1.82, 2.24) is 15.1 Å². The second-order valence-corrected chi connectivity index (χ2v) is 12.6. The molecule has 1 aliphatic rings. The third-order valence-corrected chi connectivity index (χ3v) is 8.82. The molecule has 1 aliphatic carbocycles. The van der Waals surface area contributed by atoms with E-state index in [0.717, 1.165) is 56.5 Å². The van der Waals surface area contributed by atoms with Gasteiger partial charge in [0.1, 0.15) is 0 Å². The molecule has 1 fully saturated rings. The van der Waals surface area contributed by atoms with Crippen molar-refractivity contribution in [2.75, 3.05) is 13.7 Å². The molecule has 220 valence electrons. The van der Waals surface area contributed by atoms with E-state index in [2.05, 4.69) is 62.8 Å². The average Bonchev–Trinajstić information content (AvgIpc) is 3.21. The van der Waals surface area contributed by atoms with Crippen molar-refractivity contribution in [1.29, 1.82) is 0 Å². The number of ether oxygens (including phenoxy) is 1. The van der Waals surface area contributed by atoms with Crippen molar-refractivity contribution >= 4 is 16.8 Å². The molecule has 0 aliphatic heterocycles. The predicted octanol–water partition coefficient (Wildman–Crippen LogP) is 5.39. The van der Waals surface area contributed by atoms with Gasteiger partial charge in [0.2, 0.25) is 5.91 Å². The number of hydrogen-bond acceptors (Lipinski definition) is 5. The van der Waals surface area contributed by atoms with Crippen molar-refractivity contribution in [2.45, 2.75) is 117 Å². The number of fused-ring (bicyclic) bond motifs is 1. The summed E-state index contributed by atoms with van der Waals surface area (Å²) in [5.41, 5.74) is 10.1. The quantitative estimate of drug-likeness (QED) is 0.262. The van der Waals surface area contributed by atoms with Crippen LogP contribution in [0.4, 0.5) is 0 Å². The minimum absolute atomic E-state index is 0.0780. The molecule has 1 heterocycles. The van der Waals surface area contributed by atoms with E-state index in [9.17, 15) is 9.90 Å². The minimum atomic E-state index is -0.705. The number of nitrogens with one attached hydrogen (secondary N) is 1. The van der Waals surface area contributed by atoms with Gasteiger partial charge in [-0.25, -0.2) is 0 Å². The van der Waals surface area contributed by atoms with Gasteiger partial charge in [-0.05, 0) is 74.8 Å². The Bertz CT molecular complexity index is 1030. The summed E-state index contributed by atoms with van der Waals surface area (Å²) in [5, 5.41) is 20.4. The molecule has 3 rings (SSSR count). The second kappa shape index (κ2) is 15.2. The van der Waals surface area contributed by atoms with Crippen LogP contribution in [0.2, 0.25) is 0 Å². The van der Waals surface area contributed by atoms with E-state index in [1.807, 2.05) is 0 Å². The Balaban J connectivity index is 1.64. The zero-order chi connectivity index (χ0) is 28.5. The third-order valence-electron chi connectivity index (χ3n) is 8.82. The molecule has 1 amide bonds. The van der Waals surface area contributed by atoms with Gasteiger partial charge in [-0.3, -0.25) is 9.48 Å². The summed E-state index contributed by atoms with van der Waals surface area (Å²) >= 11 is 0. The number of amides is 1. The van der Waals surface area contributed by atoms with Crippen LogP contribution in [0, 0.1) is 30.6 Å². The fraction of sp³-hybridized carbons (Fsp3) is 0.750. The molecule has 0 bridgehead atoms. The Morgan fingerprint density at radius 1 is 1.15 bits per heavy atom. The van der Waals surface area contributed by atoms with Gasteiger partial charge in [0, 0.05) is 43.6 Å². The number of hydrogen-bond donors (Lipinski definition) is 3. The lowest BCUT2D eigenvalue weighted by Crippen LogP contribution is -2.45. The number of methoxy groups -OCH3 is 1. The number of benzene rings is 1. The normalized spacial score (nSPS) is 18.0. The summed E-state index contributed by atoms with van der Waals surface area (Å²) < 4.78 is 7.32. The van der Waals surface area contributed by atoms with E-state index in [1.54, 1.807) is 7.11 Å². The van der Waals surface area contributed by atoms with Crippen LogP contribution in [0.15, 0.2) is 18.2 Å². The summed E-state index contributed by atoms with van der Waals surface area (Å²) in [6.45, 7) is 12.2. The molecule has 39 heavy (non-hydrogen) atoms. The number of nitrogens with two attached hydrogens (primary N) is 1. The maximum absolute atomic E-state index is 13.1. The average molecular weight is 543 g/mol. The van der Waals surface area contributed by atoms with E-state index in [1.165, 1.54) is 30.2 Å². The highest BCUT2D eigenvalue weighted by Gasteiger charge is 2.31. The van der Waals surface area contributed by atoms with Crippen LogP contribution in [-0.4, -0.2) is 52.7 Å². The smallest absolute Gasteiger partial charge is 0.223 e. The largest absolute Gasteiger partial charge is 0.391 e. The van der Waals surface area contributed by atoms with Gasteiger partial charge in [0.15, 0.2) is 0 Å². The molecule has 1 saturated carbocycles. The summed E-state index contributed by atoms with van der Waals surface area (Å²) in [6.07, 6.45) is 8.00. The van der Waals surface area contributed by atoms with E-state index in [4.69, 9.17) is 15.6 Å². The lowest BCUT2D eigenvalue weighted by atomic mass is 9.80. The molecule has 0 radical (unpaired) electrons. The zero-order valence-corrected chi connectivity index (χ0v) is 25.3. The number of carbonyl (C=O) groups is 1. The fourth-order valence-corrected chi connectivity index (χ4v) is 6.11. The van der Waals surface area contributed by atoms with Gasteiger partial charge in [-0.2, -0.15) is 5.10 Å². The highest BCUT2D eigenvalue weighted by atomic mass is 16.5. The predicted molar refractivity (Wildman–Crippen MR) is 160 cm³/mol. The van der Waals surface area contributed by atoms with E-state index in [0.29, 0.717) is 18.3 Å². The number of nitrogens with zero attached hydrogens (tertiary/aromatic N) is 2. The highest BCUT2D eigenvalue weighted by molar-refractivity contribution is 5.82. The summed E-state index contributed by atoms with van der Waals surface area (Å²) in [4.78, 5) is 13.1. The Labute approximate surface area is 236 Å². The Hall–Kier alpha value is -1.96. The van der Waals surface area contributed by atoms with Crippen LogP contribution in [0.3, 0.4) is 0 Å². The molecule has 7 nitrogen and oxygen atoms in total. The highest BCUT2D eigenvalue weighted by Crippen LogP contribution is 2.28. The van der Waals surface area contributed by atoms with Crippen LogP contribution < -0.4 is 11.1 Å². The van der Waals surface area contributed by atoms with E-state index < -0.39 is 6.10 Å². The fourth-order valence-electron chi connectivity index (χ4n) is 6.11. The van der Waals surface area contributed by atoms with E-state index >= 15 is 0 Å². The van der Waals surface area contributed by atoms with Crippen molar-refractivity contribution < 1.29 is 14.6 Å². The van der Waals surface area contributed by atoms with Gasteiger partial charge in [0.05, 0.1) is 17.3 Å². The lowest BCUT2D eigenvalue weighted by molar-refractivity contribution is -0.128. The van der Waals surface area contributed by atoms with Crippen LogP contribution in [0.5, 0.6) is 0 Å². The van der Waals surface area contributed by atoms with Crippen LogP contribution >= 0.6 is 0 Å². The monoisotopic (exact) mass is 542 g/mol. The maximum Gasteiger partial charge on any atom is 0.223 e. The SMILES string of the molecule is COCCCn1nc(C)c2ccc(C[C@@H](C[C@H](N)[C@@H](O)C[C@H](C(=O)NC3CCCCC3)C(C)C)C(C)C)cc21. The number of aryl methyl sites for hydroxylation is 2. The van der Waals surface area contributed by atoms with Gasteiger partial charge < -0.3 is 20.9 Å². The number of carbonyl (C=O) groups excluding carboxylic acids is 1. The Morgan fingerprint density at radius 2 is 1.87 bits per heavy atom. The van der Waals surface area contributed by atoms with Gasteiger partial charge in [-0.1, -0.05) is 59.1 Å². The maximum atomic E-state index is 13.1. The summed E-state index contributed by atoms with van der Waals surface area (Å²) in [7, 11) is 1.73. The molecule has 2 aromatic rings. The van der Waals surface area contributed by atoms with Crippen molar-refractivity contribution in [3.8, 4) is 0 Å². The molecule has 7 heteroatoms. The first-order valence-corrected chi connectivity index (χ1v) is 15.3. The third kappa shape index (κ3) is 9.02. The van der Waals surface area contributed by atoms with Gasteiger partial charge in [-0.15, -0.1) is 0 Å². The van der Waals surface area contributed by atoms with Crippen LogP contribution in [-0.2, 0) is 22.5 Å².